The average molecular weight is 223 g/mol. The van der Waals surface area contributed by atoms with Gasteiger partial charge in [-0.1, -0.05) is 0 Å². The standard InChI is InChI=1S/C11H17N3O2/c15-7-4-9-8-12-11(13-10(9)16)14-5-2-1-3-6-14/h8,15H,1-7H2,(H,12,13,16). The summed E-state index contributed by atoms with van der Waals surface area (Å²) in [6.45, 7) is 1.90. The smallest absolute Gasteiger partial charge is 0.255 e. The Bertz CT molecular complexity index is 396. The van der Waals surface area contributed by atoms with Crippen molar-refractivity contribution in [2.45, 2.75) is 25.7 Å². The Hall–Kier alpha value is -1.36. The van der Waals surface area contributed by atoms with Gasteiger partial charge < -0.3 is 10.0 Å². The maximum atomic E-state index is 11.6. The number of nitrogens with zero attached hydrogens (tertiary/aromatic N) is 2. The quantitative estimate of drug-likeness (QED) is 0.773. The van der Waals surface area contributed by atoms with E-state index in [1.165, 1.54) is 6.42 Å². The van der Waals surface area contributed by atoms with Gasteiger partial charge in [0.25, 0.3) is 5.56 Å². The molecule has 1 aliphatic rings. The molecule has 0 radical (unpaired) electrons. The first kappa shape index (κ1) is 11.1. The van der Waals surface area contributed by atoms with Crippen LogP contribution in [0.15, 0.2) is 11.0 Å². The highest BCUT2D eigenvalue weighted by Gasteiger charge is 2.13. The Morgan fingerprint density at radius 3 is 2.75 bits per heavy atom. The molecule has 0 spiro atoms. The Labute approximate surface area is 94.1 Å². The summed E-state index contributed by atoms with van der Waals surface area (Å²) in [4.78, 5) is 20.8. The van der Waals surface area contributed by atoms with E-state index in [1.54, 1.807) is 6.20 Å². The third kappa shape index (κ3) is 2.41. The molecule has 2 N–H and O–H groups in total. The Kier molecular flexibility index (Phi) is 3.56. The van der Waals surface area contributed by atoms with Gasteiger partial charge in [-0.2, -0.15) is 0 Å². The summed E-state index contributed by atoms with van der Waals surface area (Å²) >= 11 is 0. The zero-order valence-corrected chi connectivity index (χ0v) is 9.28. The molecule has 0 aromatic carbocycles. The third-order valence-electron chi connectivity index (χ3n) is 2.90. The molecule has 1 fully saturated rings. The number of piperidine rings is 1. The number of anilines is 1. The number of nitrogens with one attached hydrogen (secondary N) is 1. The lowest BCUT2D eigenvalue weighted by Gasteiger charge is -2.26. The van der Waals surface area contributed by atoms with E-state index >= 15 is 0 Å². The summed E-state index contributed by atoms with van der Waals surface area (Å²) in [7, 11) is 0. The molecule has 2 heterocycles. The molecular weight excluding hydrogens is 206 g/mol. The van der Waals surface area contributed by atoms with Crippen LogP contribution in [-0.4, -0.2) is 34.8 Å². The van der Waals surface area contributed by atoms with E-state index in [0.717, 1.165) is 25.9 Å². The lowest BCUT2D eigenvalue weighted by Crippen LogP contribution is -2.33. The first-order valence-electron chi connectivity index (χ1n) is 5.75. The topological polar surface area (TPSA) is 69.2 Å². The van der Waals surface area contributed by atoms with Crippen LogP contribution in [0.2, 0.25) is 0 Å². The first-order valence-corrected chi connectivity index (χ1v) is 5.75. The van der Waals surface area contributed by atoms with Crippen LogP contribution in [-0.2, 0) is 6.42 Å². The van der Waals surface area contributed by atoms with Crippen LogP contribution in [0.1, 0.15) is 24.8 Å². The summed E-state index contributed by atoms with van der Waals surface area (Å²) in [6.07, 6.45) is 5.50. The lowest BCUT2D eigenvalue weighted by molar-refractivity contribution is 0.299. The Morgan fingerprint density at radius 2 is 2.12 bits per heavy atom. The molecule has 0 aliphatic carbocycles. The number of aliphatic hydroxyl groups is 1. The van der Waals surface area contributed by atoms with Crippen molar-refractivity contribution >= 4 is 5.95 Å². The second kappa shape index (κ2) is 5.12. The summed E-state index contributed by atoms with van der Waals surface area (Å²) < 4.78 is 0. The largest absolute Gasteiger partial charge is 0.396 e. The van der Waals surface area contributed by atoms with Crippen LogP contribution >= 0.6 is 0 Å². The predicted molar refractivity (Wildman–Crippen MR) is 61.7 cm³/mol. The highest BCUT2D eigenvalue weighted by atomic mass is 16.3. The minimum absolute atomic E-state index is 0.0200. The maximum Gasteiger partial charge on any atom is 0.255 e. The maximum absolute atomic E-state index is 11.6. The number of hydrogen-bond donors (Lipinski definition) is 2. The van der Waals surface area contributed by atoms with Crippen LogP contribution in [0.5, 0.6) is 0 Å². The summed E-state index contributed by atoms with van der Waals surface area (Å²) in [5, 5.41) is 8.77. The highest BCUT2D eigenvalue weighted by molar-refractivity contribution is 5.30. The molecular formula is C11H17N3O2. The molecule has 0 atom stereocenters. The van der Waals surface area contributed by atoms with E-state index in [0.29, 0.717) is 17.9 Å². The van der Waals surface area contributed by atoms with Gasteiger partial charge in [0.05, 0.1) is 0 Å². The monoisotopic (exact) mass is 223 g/mol. The normalized spacial score (nSPS) is 16.4. The number of aliphatic hydroxyl groups excluding tert-OH is 1. The molecule has 0 saturated carbocycles. The zero-order valence-electron chi connectivity index (χ0n) is 9.28. The van der Waals surface area contributed by atoms with Gasteiger partial charge in [0.15, 0.2) is 0 Å². The van der Waals surface area contributed by atoms with Gasteiger partial charge in [0.1, 0.15) is 0 Å². The SMILES string of the molecule is O=c1[nH]c(N2CCCCC2)ncc1CCO. The molecule has 5 heteroatoms. The van der Waals surface area contributed by atoms with E-state index in [9.17, 15) is 4.79 Å². The zero-order chi connectivity index (χ0) is 11.4. The number of hydrogen-bond acceptors (Lipinski definition) is 4. The Morgan fingerprint density at radius 1 is 1.38 bits per heavy atom. The van der Waals surface area contributed by atoms with Gasteiger partial charge >= 0.3 is 0 Å². The first-order chi connectivity index (χ1) is 7.81. The van der Waals surface area contributed by atoms with Gasteiger partial charge in [0.2, 0.25) is 5.95 Å². The van der Waals surface area contributed by atoms with E-state index in [4.69, 9.17) is 5.11 Å². The number of rotatable bonds is 3. The number of aromatic amines is 1. The fourth-order valence-electron chi connectivity index (χ4n) is 1.98. The van der Waals surface area contributed by atoms with Crippen LogP contribution in [0.3, 0.4) is 0 Å². The molecule has 0 bridgehead atoms. The fourth-order valence-corrected chi connectivity index (χ4v) is 1.98. The van der Waals surface area contributed by atoms with E-state index in [2.05, 4.69) is 14.9 Å². The molecule has 1 saturated heterocycles. The van der Waals surface area contributed by atoms with Gasteiger partial charge in [-0.05, 0) is 19.3 Å². The third-order valence-corrected chi connectivity index (χ3v) is 2.90. The minimum Gasteiger partial charge on any atom is -0.396 e. The van der Waals surface area contributed by atoms with Crippen LogP contribution in [0.4, 0.5) is 5.95 Å². The molecule has 5 nitrogen and oxygen atoms in total. The second-order valence-electron chi connectivity index (χ2n) is 4.08. The minimum atomic E-state index is -0.135. The van der Waals surface area contributed by atoms with Crippen LogP contribution in [0, 0.1) is 0 Å². The summed E-state index contributed by atoms with van der Waals surface area (Å²) in [5.41, 5.74) is 0.410. The van der Waals surface area contributed by atoms with Gasteiger partial charge in [-0.15, -0.1) is 0 Å². The van der Waals surface area contributed by atoms with Crippen molar-refractivity contribution < 1.29 is 5.11 Å². The summed E-state index contributed by atoms with van der Waals surface area (Å²) in [5.74, 6) is 0.659. The lowest BCUT2D eigenvalue weighted by atomic mass is 10.1. The average Bonchev–Trinajstić information content (AvgIpc) is 2.33. The van der Waals surface area contributed by atoms with Crippen molar-refractivity contribution in [2.24, 2.45) is 0 Å². The number of H-pyrrole nitrogens is 1. The van der Waals surface area contributed by atoms with Crippen molar-refractivity contribution in [3.05, 3.63) is 22.1 Å². The van der Waals surface area contributed by atoms with Crippen molar-refractivity contribution in [1.29, 1.82) is 0 Å². The van der Waals surface area contributed by atoms with Gasteiger partial charge in [-0.3, -0.25) is 9.78 Å². The van der Waals surface area contributed by atoms with E-state index in [1.807, 2.05) is 0 Å². The molecule has 1 aromatic heterocycles. The molecule has 1 aliphatic heterocycles. The van der Waals surface area contributed by atoms with Crippen molar-refractivity contribution in [1.82, 2.24) is 9.97 Å². The van der Waals surface area contributed by atoms with Crippen LogP contribution < -0.4 is 10.5 Å². The Balaban J connectivity index is 2.16. The number of aromatic nitrogens is 2. The van der Waals surface area contributed by atoms with Crippen LogP contribution in [0.25, 0.3) is 0 Å². The molecule has 0 unspecified atom stereocenters. The molecule has 0 amide bonds. The molecule has 16 heavy (non-hydrogen) atoms. The summed E-state index contributed by atoms with van der Waals surface area (Å²) in [6, 6.07) is 0. The molecule has 2 rings (SSSR count). The van der Waals surface area contributed by atoms with Gasteiger partial charge in [-0.25, -0.2) is 4.98 Å². The fraction of sp³-hybridized carbons (Fsp3) is 0.636. The van der Waals surface area contributed by atoms with Crippen molar-refractivity contribution in [3.8, 4) is 0 Å². The highest BCUT2D eigenvalue weighted by Crippen LogP contribution is 2.13. The predicted octanol–water partition coefficient (Wildman–Crippen LogP) is 0.295. The molecule has 1 aromatic rings. The van der Waals surface area contributed by atoms with E-state index in [-0.39, 0.29) is 12.2 Å². The second-order valence-corrected chi connectivity index (χ2v) is 4.08. The van der Waals surface area contributed by atoms with Crippen molar-refractivity contribution in [2.75, 3.05) is 24.6 Å². The van der Waals surface area contributed by atoms with E-state index < -0.39 is 0 Å². The van der Waals surface area contributed by atoms with Crippen molar-refractivity contribution in [3.63, 3.8) is 0 Å². The molecule has 88 valence electrons. The van der Waals surface area contributed by atoms with Gasteiger partial charge in [0, 0.05) is 37.9 Å².